The van der Waals surface area contributed by atoms with Crippen molar-refractivity contribution < 1.29 is 9.13 Å². The number of piperazine rings is 1. The first-order chi connectivity index (χ1) is 14.0. The smallest absolute Gasteiger partial charge is 0.171 e. The minimum atomic E-state index is -0.283. The van der Waals surface area contributed by atoms with Gasteiger partial charge in [-0.25, -0.2) is 19.3 Å². The molecule has 3 aromatic heterocycles. The molecule has 1 atom stereocenters. The number of fused-ring (bicyclic) bond motifs is 1. The van der Waals surface area contributed by atoms with E-state index < -0.39 is 0 Å². The Labute approximate surface area is 172 Å². The lowest BCUT2D eigenvalue weighted by molar-refractivity contribution is 0.191. The molecule has 150 valence electrons. The molecule has 0 spiro atoms. The van der Waals surface area contributed by atoms with E-state index in [1.54, 1.807) is 19.2 Å². The summed E-state index contributed by atoms with van der Waals surface area (Å²) in [6.07, 6.45) is 1.54. The van der Waals surface area contributed by atoms with Crippen LogP contribution in [-0.4, -0.2) is 53.1 Å². The SMILES string of the molecule is COc1cc(N2CCN(C(C)c3nc4nc(C)sc4cc3F)CC2)ncc1C#N. The third kappa shape index (κ3) is 3.73. The fourth-order valence-corrected chi connectivity index (χ4v) is 4.41. The number of methoxy groups -OCH3 is 1. The van der Waals surface area contributed by atoms with Crippen LogP contribution in [0.5, 0.6) is 5.75 Å². The van der Waals surface area contributed by atoms with Crippen LogP contribution >= 0.6 is 11.3 Å². The summed E-state index contributed by atoms with van der Waals surface area (Å²) in [4.78, 5) is 17.6. The molecule has 0 aliphatic carbocycles. The normalized spacial score (nSPS) is 16.0. The second-order valence-electron chi connectivity index (χ2n) is 6.96. The highest BCUT2D eigenvalue weighted by Gasteiger charge is 2.26. The Hall–Kier alpha value is -2.83. The number of aromatic nitrogens is 3. The lowest BCUT2D eigenvalue weighted by atomic mass is 10.1. The van der Waals surface area contributed by atoms with Gasteiger partial charge in [-0.1, -0.05) is 0 Å². The Balaban J connectivity index is 1.48. The van der Waals surface area contributed by atoms with Crippen LogP contribution in [0.1, 0.15) is 29.2 Å². The topological polar surface area (TPSA) is 78.2 Å². The Morgan fingerprint density at radius 2 is 2.00 bits per heavy atom. The van der Waals surface area contributed by atoms with E-state index in [0.29, 0.717) is 22.7 Å². The molecule has 3 aromatic rings. The zero-order chi connectivity index (χ0) is 20.5. The summed E-state index contributed by atoms with van der Waals surface area (Å²) in [5, 5.41) is 10.00. The third-order valence-electron chi connectivity index (χ3n) is 5.24. The predicted molar refractivity (Wildman–Crippen MR) is 110 cm³/mol. The molecule has 7 nitrogen and oxygen atoms in total. The van der Waals surface area contributed by atoms with Crippen LogP contribution < -0.4 is 9.64 Å². The molecule has 0 N–H and O–H groups in total. The van der Waals surface area contributed by atoms with Crippen LogP contribution in [0, 0.1) is 24.1 Å². The third-order valence-corrected chi connectivity index (χ3v) is 6.15. The summed E-state index contributed by atoms with van der Waals surface area (Å²) in [6.45, 7) is 6.87. The zero-order valence-electron chi connectivity index (χ0n) is 16.5. The van der Waals surface area contributed by atoms with Crippen molar-refractivity contribution in [3.8, 4) is 11.8 Å². The summed E-state index contributed by atoms with van der Waals surface area (Å²) in [6, 6.07) is 5.26. The Morgan fingerprint density at radius 1 is 1.24 bits per heavy atom. The number of ether oxygens (including phenoxy) is 1. The minimum Gasteiger partial charge on any atom is -0.495 e. The zero-order valence-corrected chi connectivity index (χ0v) is 17.3. The first-order valence-corrected chi connectivity index (χ1v) is 10.2. The van der Waals surface area contributed by atoms with Gasteiger partial charge in [-0.3, -0.25) is 4.90 Å². The van der Waals surface area contributed by atoms with Crippen LogP contribution in [0.25, 0.3) is 10.3 Å². The van der Waals surface area contributed by atoms with Crippen molar-refractivity contribution in [1.29, 1.82) is 5.26 Å². The number of halogens is 1. The highest BCUT2D eigenvalue weighted by molar-refractivity contribution is 7.18. The van der Waals surface area contributed by atoms with Crippen molar-refractivity contribution in [1.82, 2.24) is 19.9 Å². The number of thiazole rings is 1. The van der Waals surface area contributed by atoms with Crippen molar-refractivity contribution >= 4 is 27.5 Å². The van der Waals surface area contributed by atoms with Crippen molar-refractivity contribution in [2.75, 3.05) is 38.2 Å². The predicted octanol–water partition coefficient (Wildman–Crippen LogP) is 3.30. The monoisotopic (exact) mass is 412 g/mol. The Kier molecular flexibility index (Phi) is 5.30. The van der Waals surface area contributed by atoms with Gasteiger partial charge in [0.2, 0.25) is 0 Å². The van der Waals surface area contributed by atoms with Gasteiger partial charge in [0.1, 0.15) is 29.0 Å². The number of pyridine rings is 2. The quantitative estimate of drug-likeness (QED) is 0.651. The fraction of sp³-hybridized carbons (Fsp3) is 0.400. The van der Waals surface area contributed by atoms with E-state index in [0.717, 1.165) is 41.7 Å². The molecule has 1 unspecified atom stereocenters. The van der Waals surface area contributed by atoms with E-state index in [1.807, 2.05) is 13.8 Å². The molecule has 1 aliphatic rings. The lowest BCUT2D eigenvalue weighted by Crippen LogP contribution is -2.47. The molecule has 1 fully saturated rings. The molecular weight excluding hydrogens is 391 g/mol. The molecule has 4 rings (SSSR count). The molecule has 0 bridgehead atoms. The molecule has 9 heteroatoms. The first kappa shape index (κ1) is 19.5. The highest BCUT2D eigenvalue weighted by Crippen LogP contribution is 2.29. The molecule has 1 aliphatic heterocycles. The lowest BCUT2D eigenvalue weighted by Gasteiger charge is -2.38. The summed E-state index contributed by atoms with van der Waals surface area (Å²) in [7, 11) is 1.54. The highest BCUT2D eigenvalue weighted by atomic mass is 32.1. The van der Waals surface area contributed by atoms with E-state index in [-0.39, 0.29) is 11.9 Å². The van der Waals surface area contributed by atoms with Gasteiger partial charge in [0.15, 0.2) is 5.65 Å². The number of rotatable bonds is 4. The average molecular weight is 412 g/mol. The molecular formula is C20H21FN6OS. The van der Waals surface area contributed by atoms with Gasteiger partial charge in [0.05, 0.1) is 34.7 Å². The van der Waals surface area contributed by atoms with E-state index in [1.165, 1.54) is 17.5 Å². The molecule has 0 radical (unpaired) electrons. The van der Waals surface area contributed by atoms with Gasteiger partial charge in [-0.15, -0.1) is 11.3 Å². The molecule has 1 saturated heterocycles. The number of hydrogen-bond acceptors (Lipinski definition) is 8. The van der Waals surface area contributed by atoms with Crippen LogP contribution in [0.2, 0.25) is 0 Å². The van der Waals surface area contributed by atoms with Crippen molar-refractivity contribution in [2.24, 2.45) is 0 Å². The van der Waals surface area contributed by atoms with Crippen LogP contribution in [0.4, 0.5) is 10.2 Å². The Morgan fingerprint density at radius 3 is 2.69 bits per heavy atom. The summed E-state index contributed by atoms with van der Waals surface area (Å²) in [5.74, 6) is 1.01. The molecule has 29 heavy (non-hydrogen) atoms. The average Bonchev–Trinajstić information content (AvgIpc) is 3.11. The van der Waals surface area contributed by atoms with Gasteiger partial charge in [0, 0.05) is 32.2 Å². The van der Waals surface area contributed by atoms with Crippen molar-refractivity contribution in [3.63, 3.8) is 0 Å². The van der Waals surface area contributed by atoms with E-state index in [9.17, 15) is 4.39 Å². The standard InChI is InChI=1S/C20H21FN6OS/c1-12(19-15(21)8-17-20(25-19)24-13(2)29-17)26-4-6-27(7-5-26)18-9-16(28-3)14(10-22)11-23-18/h8-9,11-12H,4-7H2,1-3H3. The van der Waals surface area contributed by atoms with Gasteiger partial charge < -0.3 is 9.64 Å². The summed E-state index contributed by atoms with van der Waals surface area (Å²) >= 11 is 1.45. The maximum Gasteiger partial charge on any atom is 0.171 e. The number of nitrogens with zero attached hydrogens (tertiary/aromatic N) is 6. The van der Waals surface area contributed by atoms with Crippen molar-refractivity contribution in [3.05, 3.63) is 40.4 Å². The number of nitriles is 1. The van der Waals surface area contributed by atoms with Crippen molar-refractivity contribution in [2.45, 2.75) is 19.9 Å². The molecule has 0 amide bonds. The summed E-state index contributed by atoms with van der Waals surface area (Å²) in [5.41, 5.74) is 1.47. The van der Waals surface area contributed by atoms with E-state index in [4.69, 9.17) is 10.00 Å². The van der Waals surface area contributed by atoms with E-state index >= 15 is 0 Å². The van der Waals surface area contributed by atoms with Gasteiger partial charge >= 0.3 is 0 Å². The van der Waals surface area contributed by atoms with E-state index in [2.05, 4.69) is 30.8 Å². The minimum absolute atomic E-state index is 0.146. The number of hydrogen-bond donors (Lipinski definition) is 0. The molecule has 0 saturated carbocycles. The Bertz CT molecular complexity index is 1090. The first-order valence-electron chi connectivity index (χ1n) is 9.37. The largest absolute Gasteiger partial charge is 0.495 e. The van der Waals surface area contributed by atoms with Crippen LogP contribution in [0.3, 0.4) is 0 Å². The number of aryl methyl sites for hydroxylation is 1. The van der Waals surface area contributed by atoms with Gasteiger partial charge in [-0.05, 0) is 19.9 Å². The second kappa shape index (κ2) is 7.89. The molecule has 4 heterocycles. The number of anilines is 1. The van der Waals surface area contributed by atoms with Gasteiger partial charge in [0.25, 0.3) is 0 Å². The van der Waals surface area contributed by atoms with Gasteiger partial charge in [-0.2, -0.15) is 5.26 Å². The maximum atomic E-state index is 14.7. The maximum absolute atomic E-state index is 14.7. The fourth-order valence-electron chi connectivity index (χ4n) is 3.62. The summed E-state index contributed by atoms with van der Waals surface area (Å²) < 4.78 is 20.7. The van der Waals surface area contributed by atoms with Crippen LogP contribution in [-0.2, 0) is 0 Å². The second-order valence-corrected chi connectivity index (χ2v) is 8.20. The van der Waals surface area contributed by atoms with Crippen LogP contribution in [0.15, 0.2) is 18.3 Å². The molecule has 0 aromatic carbocycles.